The molecule has 0 spiro atoms. The Labute approximate surface area is 108 Å². The molecule has 0 aliphatic heterocycles. The Bertz CT molecular complexity index is 578. The number of fused-ring (bicyclic) bond motifs is 1. The number of ketones is 1. The number of pyridine rings is 1. The maximum atomic E-state index is 12.4. The third-order valence-corrected chi connectivity index (χ3v) is 4.47. The first kappa shape index (κ1) is 10.9. The number of carbonyl (C=O) groups is 1. The molecular weight excluding hydrogens is 254 g/mol. The van der Waals surface area contributed by atoms with Crippen LogP contribution >= 0.6 is 22.9 Å². The van der Waals surface area contributed by atoms with E-state index in [4.69, 9.17) is 11.6 Å². The lowest BCUT2D eigenvalue weighted by atomic mass is 10.00. The van der Waals surface area contributed by atoms with Crippen molar-refractivity contribution in [1.29, 1.82) is 0 Å². The molecule has 1 aliphatic rings. The van der Waals surface area contributed by atoms with Crippen molar-refractivity contribution in [3.8, 4) is 0 Å². The van der Waals surface area contributed by atoms with Gasteiger partial charge < -0.3 is 0 Å². The van der Waals surface area contributed by atoms with E-state index in [2.05, 4.69) is 4.98 Å². The molecule has 0 aromatic carbocycles. The summed E-state index contributed by atoms with van der Waals surface area (Å²) < 4.78 is 0. The zero-order chi connectivity index (χ0) is 11.8. The minimum absolute atomic E-state index is 0.109. The van der Waals surface area contributed by atoms with E-state index in [1.54, 1.807) is 12.3 Å². The third-order valence-electron chi connectivity index (χ3n) is 3.12. The number of halogens is 1. The van der Waals surface area contributed by atoms with E-state index in [1.165, 1.54) is 16.9 Å². The summed E-state index contributed by atoms with van der Waals surface area (Å²) in [6.45, 7) is 0. The summed E-state index contributed by atoms with van der Waals surface area (Å²) in [6.07, 6.45) is 3.53. The van der Waals surface area contributed by atoms with Gasteiger partial charge >= 0.3 is 0 Å². The van der Waals surface area contributed by atoms with E-state index in [-0.39, 0.29) is 11.7 Å². The Kier molecular flexibility index (Phi) is 2.73. The fraction of sp³-hybridized carbons (Fsp3) is 0.231. The Morgan fingerprint density at radius 1 is 1.47 bits per heavy atom. The van der Waals surface area contributed by atoms with Gasteiger partial charge in [-0.15, -0.1) is 11.3 Å². The van der Waals surface area contributed by atoms with Crippen molar-refractivity contribution in [3.05, 3.63) is 50.9 Å². The normalized spacial score (nSPS) is 18.1. The zero-order valence-electron chi connectivity index (χ0n) is 9.02. The lowest BCUT2D eigenvalue weighted by Gasteiger charge is -2.08. The Hall–Kier alpha value is -1.19. The number of hydrogen-bond donors (Lipinski definition) is 0. The Morgan fingerprint density at radius 2 is 2.35 bits per heavy atom. The van der Waals surface area contributed by atoms with Crippen molar-refractivity contribution in [2.75, 3.05) is 0 Å². The molecular formula is C13H10ClNOS. The maximum absolute atomic E-state index is 12.4. The van der Waals surface area contributed by atoms with Gasteiger partial charge in [-0.25, -0.2) is 0 Å². The molecule has 2 nitrogen and oxygen atoms in total. The Morgan fingerprint density at radius 3 is 3.12 bits per heavy atom. The summed E-state index contributed by atoms with van der Waals surface area (Å²) in [7, 11) is 0. The molecule has 0 amide bonds. The van der Waals surface area contributed by atoms with Crippen molar-refractivity contribution in [3.63, 3.8) is 0 Å². The average molecular weight is 264 g/mol. The first-order chi connectivity index (χ1) is 8.27. The molecule has 0 radical (unpaired) electrons. The summed E-state index contributed by atoms with van der Waals surface area (Å²) in [6, 6.07) is 5.74. The van der Waals surface area contributed by atoms with Crippen LogP contribution in [0.3, 0.4) is 0 Å². The van der Waals surface area contributed by atoms with Crippen LogP contribution in [0.15, 0.2) is 29.8 Å². The van der Waals surface area contributed by atoms with Crippen molar-refractivity contribution in [2.45, 2.75) is 18.8 Å². The van der Waals surface area contributed by atoms with Crippen LogP contribution < -0.4 is 0 Å². The van der Waals surface area contributed by atoms with Crippen molar-refractivity contribution in [2.24, 2.45) is 0 Å². The zero-order valence-corrected chi connectivity index (χ0v) is 10.6. The largest absolute Gasteiger partial charge is 0.292 e. The van der Waals surface area contributed by atoms with Crippen LogP contribution in [0.2, 0.25) is 5.02 Å². The van der Waals surface area contributed by atoms with E-state index in [9.17, 15) is 4.79 Å². The summed E-state index contributed by atoms with van der Waals surface area (Å²) in [5.41, 5.74) is 2.13. The summed E-state index contributed by atoms with van der Waals surface area (Å²) in [4.78, 5) is 17.4. The average Bonchev–Trinajstić information content (AvgIpc) is 2.94. The first-order valence-electron chi connectivity index (χ1n) is 5.48. The van der Waals surface area contributed by atoms with Gasteiger partial charge in [0.05, 0.1) is 21.5 Å². The fourth-order valence-electron chi connectivity index (χ4n) is 2.30. The van der Waals surface area contributed by atoms with Crippen LogP contribution in [0, 0.1) is 0 Å². The number of carbonyl (C=O) groups excluding carboxylic acids is 1. The molecule has 0 N–H and O–H groups in total. The standard InChI is InChI=1S/C13H10ClNOS/c14-10-5-7-17-13(10)12(16)9-4-3-8-2-1-6-15-11(8)9/h1-2,5-7,9H,3-4H2. The SMILES string of the molecule is O=C(c1sccc1Cl)C1CCc2cccnc21. The minimum atomic E-state index is -0.109. The highest BCUT2D eigenvalue weighted by molar-refractivity contribution is 7.12. The molecule has 2 aromatic heterocycles. The lowest BCUT2D eigenvalue weighted by molar-refractivity contribution is 0.0962. The predicted molar refractivity (Wildman–Crippen MR) is 69.0 cm³/mol. The van der Waals surface area contributed by atoms with E-state index in [0.717, 1.165) is 18.5 Å². The first-order valence-corrected chi connectivity index (χ1v) is 6.74. The highest BCUT2D eigenvalue weighted by Gasteiger charge is 2.31. The molecule has 86 valence electrons. The van der Waals surface area contributed by atoms with Crippen LogP contribution in [0.5, 0.6) is 0 Å². The summed E-state index contributed by atoms with van der Waals surface area (Å²) in [5.74, 6) is 0.00444. The summed E-state index contributed by atoms with van der Waals surface area (Å²) >= 11 is 7.42. The van der Waals surface area contributed by atoms with Gasteiger partial charge in [0.2, 0.25) is 0 Å². The fourth-order valence-corrected chi connectivity index (χ4v) is 3.44. The molecule has 2 aromatic rings. The third kappa shape index (κ3) is 1.79. The number of aryl methyl sites for hydroxylation is 1. The monoisotopic (exact) mass is 263 g/mol. The quantitative estimate of drug-likeness (QED) is 0.773. The van der Waals surface area contributed by atoms with E-state index in [1.807, 2.05) is 17.5 Å². The van der Waals surface area contributed by atoms with Gasteiger partial charge in [0.1, 0.15) is 0 Å². The smallest absolute Gasteiger partial charge is 0.183 e. The maximum Gasteiger partial charge on any atom is 0.183 e. The highest BCUT2D eigenvalue weighted by atomic mass is 35.5. The highest BCUT2D eigenvalue weighted by Crippen LogP contribution is 2.36. The van der Waals surface area contributed by atoms with Gasteiger partial charge in [-0.3, -0.25) is 9.78 Å². The van der Waals surface area contributed by atoms with Crippen molar-refractivity contribution in [1.82, 2.24) is 4.98 Å². The second-order valence-corrected chi connectivity index (χ2v) is 5.42. The van der Waals surface area contributed by atoms with E-state index >= 15 is 0 Å². The minimum Gasteiger partial charge on any atom is -0.292 e. The number of nitrogens with zero attached hydrogens (tertiary/aromatic N) is 1. The second kappa shape index (κ2) is 4.24. The topological polar surface area (TPSA) is 30.0 Å². The Balaban J connectivity index is 1.98. The van der Waals surface area contributed by atoms with Gasteiger partial charge in [0.15, 0.2) is 5.78 Å². The lowest BCUT2D eigenvalue weighted by Crippen LogP contribution is -2.10. The van der Waals surface area contributed by atoms with Gasteiger partial charge in [0.25, 0.3) is 0 Å². The number of Topliss-reactive ketones (excluding diaryl/α,β-unsaturated/α-hetero) is 1. The van der Waals surface area contributed by atoms with Crippen LogP contribution in [0.1, 0.15) is 33.3 Å². The number of hydrogen-bond acceptors (Lipinski definition) is 3. The molecule has 3 rings (SSSR count). The molecule has 1 aliphatic carbocycles. The van der Waals surface area contributed by atoms with Crippen molar-refractivity contribution < 1.29 is 4.79 Å². The second-order valence-electron chi connectivity index (χ2n) is 4.10. The van der Waals surface area contributed by atoms with Crippen LogP contribution in [0.4, 0.5) is 0 Å². The van der Waals surface area contributed by atoms with E-state index in [0.29, 0.717) is 9.90 Å². The molecule has 0 bridgehead atoms. The molecule has 1 atom stereocenters. The predicted octanol–water partition coefficient (Wildman–Crippen LogP) is 3.71. The van der Waals surface area contributed by atoms with Gasteiger partial charge in [0, 0.05) is 6.20 Å². The van der Waals surface area contributed by atoms with Gasteiger partial charge in [-0.05, 0) is 35.9 Å². The molecule has 0 saturated carbocycles. The number of aromatic nitrogens is 1. The molecule has 2 heterocycles. The summed E-state index contributed by atoms with van der Waals surface area (Å²) in [5, 5.41) is 2.41. The molecule has 4 heteroatoms. The van der Waals surface area contributed by atoms with Crippen molar-refractivity contribution >= 4 is 28.7 Å². The van der Waals surface area contributed by atoms with Crippen LogP contribution in [-0.4, -0.2) is 10.8 Å². The molecule has 1 unspecified atom stereocenters. The number of thiophene rings is 1. The van der Waals surface area contributed by atoms with Crippen LogP contribution in [0.25, 0.3) is 0 Å². The van der Waals surface area contributed by atoms with Crippen LogP contribution in [-0.2, 0) is 6.42 Å². The number of rotatable bonds is 2. The molecule has 0 saturated heterocycles. The van der Waals surface area contributed by atoms with Gasteiger partial charge in [-0.2, -0.15) is 0 Å². The molecule has 17 heavy (non-hydrogen) atoms. The molecule has 0 fully saturated rings. The van der Waals surface area contributed by atoms with Gasteiger partial charge in [-0.1, -0.05) is 17.7 Å². The van der Waals surface area contributed by atoms with E-state index < -0.39 is 0 Å².